The third-order valence-electron chi connectivity index (χ3n) is 2.09. The zero-order valence-electron chi connectivity index (χ0n) is 9.51. The van der Waals surface area contributed by atoms with Gasteiger partial charge >= 0.3 is 0 Å². The van der Waals surface area contributed by atoms with Gasteiger partial charge in [-0.15, -0.1) is 0 Å². The Morgan fingerprint density at radius 3 is 2.72 bits per heavy atom. The van der Waals surface area contributed by atoms with Gasteiger partial charge in [0.05, 0.1) is 18.6 Å². The lowest BCUT2D eigenvalue weighted by molar-refractivity contribution is 0.102. The Morgan fingerprint density at radius 2 is 2.06 bits per heavy atom. The molecule has 0 fully saturated rings. The minimum Gasteiger partial charge on any atom is -0.372 e. The third-order valence-corrected chi connectivity index (χ3v) is 2.09. The normalized spacial score (nSPS) is 9.89. The second-order valence-corrected chi connectivity index (χ2v) is 3.36. The summed E-state index contributed by atoms with van der Waals surface area (Å²) in [7, 11) is 1.67. The Morgan fingerprint density at radius 1 is 1.22 bits per heavy atom. The van der Waals surface area contributed by atoms with Crippen molar-refractivity contribution in [2.75, 3.05) is 17.7 Å². The lowest BCUT2D eigenvalue weighted by atomic mass is 10.4. The predicted octanol–water partition coefficient (Wildman–Crippen LogP) is 1.30. The monoisotopic (exact) mass is 247 g/mol. The Balaban J connectivity index is 2.14. The van der Waals surface area contributed by atoms with Crippen LogP contribution in [0.3, 0.4) is 0 Å². The molecule has 6 nitrogen and oxygen atoms in total. The second-order valence-electron chi connectivity index (χ2n) is 3.36. The van der Waals surface area contributed by atoms with E-state index in [4.69, 9.17) is 0 Å². The summed E-state index contributed by atoms with van der Waals surface area (Å²) in [5.74, 6) is -0.198. The van der Waals surface area contributed by atoms with E-state index in [0.717, 1.165) is 6.20 Å². The maximum absolute atomic E-state index is 12.6. The number of nitrogens with zero attached hydrogens (tertiary/aromatic N) is 3. The molecule has 0 saturated carbocycles. The number of pyridine rings is 1. The molecular formula is C11H10FN5O. The van der Waals surface area contributed by atoms with Crippen LogP contribution in [0.25, 0.3) is 0 Å². The number of carbonyl (C=O) groups excluding carboxylic acids is 1. The summed E-state index contributed by atoms with van der Waals surface area (Å²) in [4.78, 5) is 23.4. The van der Waals surface area contributed by atoms with E-state index in [1.165, 1.54) is 24.5 Å². The molecule has 1 amide bonds. The molecule has 0 spiro atoms. The van der Waals surface area contributed by atoms with Crippen molar-refractivity contribution < 1.29 is 9.18 Å². The van der Waals surface area contributed by atoms with Crippen molar-refractivity contribution in [2.45, 2.75) is 0 Å². The highest BCUT2D eigenvalue weighted by Crippen LogP contribution is 2.07. The van der Waals surface area contributed by atoms with Crippen LogP contribution in [0.1, 0.15) is 10.5 Å². The van der Waals surface area contributed by atoms with E-state index < -0.39 is 11.7 Å². The van der Waals surface area contributed by atoms with E-state index in [-0.39, 0.29) is 11.5 Å². The van der Waals surface area contributed by atoms with Crippen molar-refractivity contribution in [3.8, 4) is 0 Å². The molecule has 0 aliphatic carbocycles. The van der Waals surface area contributed by atoms with Crippen molar-refractivity contribution in [3.63, 3.8) is 0 Å². The van der Waals surface area contributed by atoms with Gasteiger partial charge in [-0.05, 0) is 12.1 Å². The summed E-state index contributed by atoms with van der Waals surface area (Å²) in [5.41, 5.74) is 0.146. The second kappa shape index (κ2) is 5.17. The van der Waals surface area contributed by atoms with Crippen LogP contribution in [0.15, 0.2) is 30.7 Å². The van der Waals surface area contributed by atoms with Gasteiger partial charge in [-0.3, -0.25) is 9.78 Å². The first kappa shape index (κ1) is 11.9. The lowest BCUT2D eigenvalue weighted by Crippen LogP contribution is -2.15. The lowest BCUT2D eigenvalue weighted by Gasteiger charge is -2.04. The summed E-state index contributed by atoms with van der Waals surface area (Å²) in [6.45, 7) is 0. The highest BCUT2D eigenvalue weighted by molar-refractivity contribution is 6.02. The van der Waals surface area contributed by atoms with Crippen LogP contribution < -0.4 is 10.6 Å². The molecule has 92 valence electrons. The van der Waals surface area contributed by atoms with Crippen LogP contribution in [0.5, 0.6) is 0 Å². The number of halogens is 1. The third kappa shape index (κ3) is 2.76. The van der Waals surface area contributed by atoms with Gasteiger partial charge in [0.15, 0.2) is 0 Å². The molecule has 0 radical (unpaired) electrons. The number of amides is 1. The van der Waals surface area contributed by atoms with Crippen LogP contribution in [-0.2, 0) is 0 Å². The minimum atomic E-state index is -0.468. The first-order chi connectivity index (χ1) is 8.69. The Hall–Kier alpha value is -2.57. The van der Waals surface area contributed by atoms with E-state index in [2.05, 4.69) is 25.6 Å². The molecule has 0 saturated heterocycles. The van der Waals surface area contributed by atoms with Gasteiger partial charge in [-0.2, -0.15) is 0 Å². The standard InChI is InChI=1S/C11H10FN5O/c1-13-10-6-14-5-8(16-10)11(18)17-9-3-2-7(12)4-15-9/h2-6H,1H3,(H,13,16)(H,15,17,18). The average molecular weight is 247 g/mol. The van der Waals surface area contributed by atoms with E-state index in [1.807, 2.05) is 0 Å². The Kier molecular flexibility index (Phi) is 3.42. The number of hydrogen-bond donors (Lipinski definition) is 2. The SMILES string of the molecule is CNc1cncc(C(=O)Nc2ccc(F)cn2)n1. The van der Waals surface area contributed by atoms with Crippen molar-refractivity contribution in [1.82, 2.24) is 15.0 Å². The zero-order valence-corrected chi connectivity index (χ0v) is 9.51. The first-order valence-electron chi connectivity index (χ1n) is 5.12. The van der Waals surface area contributed by atoms with Gasteiger partial charge in [0, 0.05) is 7.05 Å². The van der Waals surface area contributed by atoms with Crippen LogP contribution in [0.2, 0.25) is 0 Å². The maximum atomic E-state index is 12.6. The van der Waals surface area contributed by atoms with Crippen LogP contribution in [0, 0.1) is 5.82 Å². The topological polar surface area (TPSA) is 79.8 Å². The van der Waals surface area contributed by atoms with E-state index in [9.17, 15) is 9.18 Å². The van der Waals surface area contributed by atoms with E-state index >= 15 is 0 Å². The number of nitrogens with one attached hydrogen (secondary N) is 2. The number of rotatable bonds is 3. The highest BCUT2D eigenvalue weighted by atomic mass is 19.1. The smallest absolute Gasteiger partial charge is 0.277 e. The van der Waals surface area contributed by atoms with Crippen LogP contribution in [-0.4, -0.2) is 27.9 Å². The van der Waals surface area contributed by atoms with Gasteiger partial charge in [-0.25, -0.2) is 14.4 Å². The van der Waals surface area contributed by atoms with Gasteiger partial charge in [-0.1, -0.05) is 0 Å². The molecular weight excluding hydrogens is 237 g/mol. The van der Waals surface area contributed by atoms with Gasteiger partial charge < -0.3 is 10.6 Å². The van der Waals surface area contributed by atoms with Crippen LogP contribution in [0.4, 0.5) is 16.0 Å². The van der Waals surface area contributed by atoms with Crippen molar-refractivity contribution in [2.24, 2.45) is 0 Å². The molecule has 2 heterocycles. The van der Waals surface area contributed by atoms with E-state index in [0.29, 0.717) is 5.82 Å². The molecule has 0 aromatic carbocycles. The summed E-state index contributed by atoms with van der Waals surface area (Å²) in [6.07, 6.45) is 3.85. The quantitative estimate of drug-likeness (QED) is 0.854. The van der Waals surface area contributed by atoms with Crippen molar-refractivity contribution in [3.05, 3.63) is 42.2 Å². The number of aromatic nitrogens is 3. The molecule has 2 aromatic rings. The zero-order chi connectivity index (χ0) is 13.0. The minimum absolute atomic E-state index is 0.146. The summed E-state index contributed by atoms with van der Waals surface area (Å²) in [5, 5.41) is 5.26. The molecule has 7 heteroatoms. The molecule has 2 rings (SSSR count). The highest BCUT2D eigenvalue weighted by Gasteiger charge is 2.09. The largest absolute Gasteiger partial charge is 0.372 e. The molecule has 0 aliphatic rings. The van der Waals surface area contributed by atoms with Gasteiger partial charge in [0.2, 0.25) is 0 Å². The average Bonchev–Trinajstić information content (AvgIpc) is 2.41. The molecule has 18 heavy (non-hydrogen) atoms. The number of carbonyl (C=O) groups is 1. The molecule has 0 unspecified atom stereocenters. The van der Waals surface area contributed by atoms with Crippen LogP contribution >= 0.6 is 0 Å². The summed E-state index contributed by atoms with van der Waals surface area (Å²) in [6, 6.07) is 2.57. The molecule has 0 aliphatic heterocycles. The molecule has 2 aromatic heterocycles. The maximum Gasteiger partial charge on any atom is 0.277 e. The van der Waals surface area contributed by atoms with Gasteiger partial charge in [0.25, 0.3) is 5.91 Å². The first-order valence-corrected chi connectivity index (χ1v) is 5.12. The molecule has 0 atom stereocenters. The summed E-state index contributed by atoms with van der Waals surface area (Å²) >= 11 is 0. The Bertz CT molecular complexity index is 558. The van der Waals surface area contributed by atoms with Crippen molar-refractivity contribution >= 4 is 17.5 Å². The van der Waals surface area contributed by atoms with E-state index in [1.54, 1.807) is 7.05 Å². The predicted molar refractivity (Wildman–Crippen MR) is 63.7 cm³/mol. The fraction of sp³-hybridized carbons (Fsp3) is 0.0909. The molecule has 2 N–H and O–H groups in total. The fourth-order valence-corrected chi connectivity index (χ4v) is 1.23. The van der Waals surface area contributed by atoms with Gasteiger partial charge in [0.1, 0.15) is 23.1 Å². The number of anilines is 2. The number of hydrogen-bond acceptors (Lipinski definition) is 5. The summed E-state index contributed by atoms with van der Waals surface area (Å²) < 4.78 is 12.6. The Labute approximate surface area is 102 Å². The fourth-order valence-electron chi connectivity index (χ4n) is 1.23. The molecule has 0 bridgehead atoms. The van der Waals surface area contributed by atoms with Crippen molar-refractivity contribution in [1.29, 1.82) is 0 Å².